The molecule has 7 heteroatoms. The van der Waals surface area contributed by atoms with Crippen molar-refractivity contribution in [3.63, 3.8) is 0 Å². The molecule has 1 aromatic heterocycles. The molecule has 2 N–H and O–H groups in total. The molecule has 0 aliphatic heterocycles. The fourth-order valence-corrected chi connectivity index (χ4v) is 2.54. The summed E-state index contributed by atoms with van der Waals surface area (Å²) >= 11 is 3.56. The Morgan fingerprint density at radius 2 is 2.25 bits per heavy atom. The van der Waals surface area contributed by atoms with Crippen LogP contribution >= 0.6 is 15.9 Å². The molecule has 20 heavy (non-hydrogen) atoms. The number of halogens is 1. The lowest BCUT2D eigenvalue weighted by molar-refractivity contribution is -0.123. The highest BCUT2D eigenvalue weighted by molar-refractivity contribution is 9.10. The zero-order chi connectivity index (χ0) is 15.1. The lowest BCUT2D eigenvalue weighted by atomic mass is 10.2. The number of methoxy groups -OCH3 is 1. The van der Waals surface area contributed by atoms with Gasteiger partial charge in [0.05, 0.1) is 28.5 Å². The van der Waals surface area contributed by atoms with Gasteiger partial charge in [-0.2, -0.15) is 5.10 Å². The van der Waals surface area contributed by atoms with Gasteiger partial charge in [-0.3, -0.25) is 9.48 Å². The second kappa shape index (κ2) is 8.39. The fourth-order valence-electron chi connectivity index (χ4n) is 1.78. The molecule has 0 aromatic carbocycles. The molecular weight excluding hydrogens is 324 g/mol. The van der Waals surface area contributed by atoms with Crippen LogP contribution < -0.4 is 10.6 Å². The van der Waals surface area contributed by atoms with E-state index in [0.29, 0.717) is 19.7 Å². The second-order valence-corrected chi connectivity index (χ2v) is 5.36. The van der Waals surface area contributed by atoms with Gasteiger partial charge in [0.25, 0.3) is 0 Å². The molecule has 0 saturated heterocycles. The van der Waals surface area contributed by atoms with Crippen molar-refractivity contribution >= 4 is 21.8 Å². The van der Waals surface area contributed by atoms with Crippen molar-refractivity contribution in [2.45, 2.75) is 32.9 Å². The zero-order valence-electron chi connectivity index (χ0n) is 12.5. The van der Waals surface area contributed by atoms with Gasteiger partial charge in [0.15, 0.2) is 0 Å². The molecule has 6 nitrogen and oxygen atoms in total. The Hall–Kier alpha value is -0.920. The first kappa shape index (κ1) is 17.1. The van der Waals surface area contributed by atoms with E-state index in [-0.39, 0.29) is 11.9 Å². The number of carbonyl (C=O) groups is 1. The topological polar surface area (TPSA) is 68.2 Å². The summed E-state index contributed by atoms with van der Waals surface area (Å²) in [5.74, 6) is -0.0314. The highest BCUT2D eigenvalue weighted by atomic mass is 79.9. The summed E-state index contributed by atoms with van der Waals surface area (Å²) in [6.45, 7) is 5.54. The molecule has 0 fully saturated rings. The Morgan fingerprint density at radius 3 is 2.80 bits per heavy atom. The van der Waals surface area contributed by atoms with E-state index in [2.05, 4.69) is 38.6 Å². The first-order chi connectivity index (χ1) is 9.51. The highest BCUT2D eigenvalue weighted by Crippen LogP contribution is 2.21. The van der Waals surface area contributed by atoms with Crippen molar-refractivity contribution in [1.29, 1.82) is 0 Å². The van der Waals surface area contributed by atoms with E-state index >= 15 is 0 Å². The summed E-state index contributed by atoms with van der Waals surface area (Å²) in [6, 6.07) is -0.265. The normalized spacial score (nSPS) is 12.4. The fraction of sp³-hybridized carbons (Fsp3) is 0.692. The van der Waals surface area contributed by atoms with E-state index in [1.54, 1.807) is 7.11 Å². The van der Waals surface area contributed by atoms with Crippen molar-refractivity contribution in [3.05, 3.63) is 15.9 Å². The van der Waals surface area contributed by atoms with Gasteiger partial charge in [-0.05, 0) is 29.3 Å². The molecule has 1 atom stereocenters. The molecule has 0 aliphatic carbocycles. The Kier molecular flexibility index (Phi) is 7.18. The van der Waals surface area contributed by atoms with Crippen LogP contribution in [0.15, 0.2) is 4.47 Å². The number of rotatable bonds is 8. The monoisotopic (exact) mass is 346 g/mol. The number of aromatic nitrogens is 2. The number of ether oxygens (including phenoxy) is 1. The Balaban J connectivity index is 2.50. The van der Waals surface area contributed by atoms with E-state index in [9.17, 15) is 4.79 Å². The van der Waals surface area contributed by atoms with Crippen molar-refractivity contribution in [3.8, 4) is 0 Å². The molecule has 1 rings (SSSR count). The van der Waals surface area contributed by atoms with E-state index < -0.39 is 0 Å². The first-order valence-electron chi connectivity index (χ1n) is 6.71. The summed E-state index contributed by atoms with van der Waals surface area (Å²) in [5, 5.41) is 10.4. The second-order valence-electron chi connectivity index (χ2n) is 4.57. The standard InChI is InChI=1S/C13H23BrN4O2/c1-5-10-12(14)11(18(3)17-10)8-16-9(2)13(19)15-6-7-20-4/h9,16H,5-8H2,1-4H3,(H,15,19). The maximum atomic E-state index is 11.8. The summed E-state index contributed by atoms with van der Waals surface area (Å²) in [5.41, 5.74) is 2.07. The Labute approximate surface area is 128 Å². The van der Waals surface area contributed by atoms with Crippen molar-refractivity contribution in [1.82, 2.24) is 20.4 Å². The number of aryl methyl sites for hydroxylation is 2. The minimum Gasteiger partial charge on any atom is -0.383 e. The van der Waals surface area contributed by atoms with Gasteiger partial charge in [0.1, 0.15) is 0 Å². The van der Waals surface area contributed by atoms with E-state index in [1.807, 2.05) is 18.7 Å². The zero-order valence-corrected chi connectivity index (χ0v) is 14.1. The van der Waals surface area contributed by atoms with Gasteiger partial charge >= 0.3 is 0 Å². The molecule has 1 heterocycles. The molecule has 1 unspecified atom stereocenters. The van der Waals surface area contributed by atoms with Crippen LogP contribution in [-0.4, -0.2) is 42.0 Å². The van der Waals surface area contributed by atoms with Crippen LogP contribution in [0.5, 0.6) is 0 Å². The van der Waals surface area contributed by atoms with Crippen molar-refractivity contribution in [2.24, 2.45) is 7.05 Å². The average molecular weight is 347 g/mol. The quantitative estimate of drug-likeness (QED) is 0.688. The van der Waals surface area contributed by atoms with Gasteiger partial charge in [0.2, 0.25) is 5.91 Å². The molecule has 1 aromatic rings. The van der Waals surface area contributed by atoms with Gasteiger partial charge in [-0.15, -0.1) is 0 Å². The van der Waals surface area contributed by atoms with Gasteiger partial charge in [0, 0.05) is 27.2 Å². The summed E-state index contributed by atoms with van der Waals surface area (Å²) in [7, 11) is 3.52. The minimum absolute atomic E-state index is 0.0314. The lowest BCUT2D eigenvalue weighted by Crippen LogP contribution is -2.43. The minimum atomic E-state index is -0.265. The van der Waals surface area contributed by atoms with Crippen LogP contribution in [0.3, 0.4) is 0 Å². The summed E-state index contributed by atoms with van der Waals surface area (Å²) < 4.78 is 7.75. The largest absolute Gasteiger partial charge is 0.383 e. The van der Waals surface area contributed by atoms with E-state index in [0.717, 1.165) is 22.3 Å². The van der Waals surface area contributed by atoms with Crippen molar-refractivity contribution in [2.75, 3.05) is 20.3 Å². The van der Waals surface area contributed by atoms with Crippen LogP contribution in [-0.2, 0) is 29.5 Å². The molecule has 0 spiro atoms. The highest BCUT2D eigenvalue weighted by Gasteiger charge is 2.16. The molecule has 0 aliphatic rings. The van der Waals surface area contributed by atoms with Gasteiger partial charge in [-0.1, -0.05) is 6.92 Å². The van der Waals surface area contributed by atoms with Crippen LogP contribution in [0, 0.1) is 0 Å². The Bertz CT molecular complexity index is 448. The molecule has 0 saturated carbocycles. The van der Waals surface area contributed by atoms with E-state index in [1.165, 1.54) is 0 Å². The number of nitrogens with one attached hydrogen (secondary N) is 2. The summed E-state index contributed by atoms with van der Waals surface area (Å²) in [6.07, 6.45) is 0.876. The predicted octanol–water partition coefficient (Wildman–Crippen LogP) is 0.986. The number of hydrogen-bond acceptors (Lipinski definition) is 4. The van der Waals surface area contributed by atoms with Crippen LogP contribution in [0.4, 0.5) is 0 Å². The smallest absolute Gasteiger partial charge is 0.236 e. The molecular formula is C13H23BrN4O2. The van der Waals surface area contributed by atoms with Crippen molar-refractivity contribution < 1.29 is 9.53 Å². The predicted molar refractivity (Wildman–Crippen MR) is 81.5 cm³/mol. The third-order valence-electron chi connectivity index (χ3n) is 3.08. The summed E-state index contributed by atoms with van der Waals surface area (Å²) in [4.78, 5) is 11.8. The number of hydrogen-bond donors (Lipinski definition) is 2. The molecule has 0 bridgehead atoms. The van der Waals surface area contributed by atoms with E-state index in [4.69, 9.17) is 4.74 Å². The number of carbonyl (C=O) groups excluding carboxylic acids is 1. The average Bonchev–Trinajstić information content (AvgIpc) is 2.71. The maximum Gasteiger partial charge on any atom is 0.236 e. The number of amides is 1. The van der Waals surface area contributed by atoms with Gasteiger partial charge < -0.3 is 15.4 Å². The first-order valence-corrected chi connectivity index (χ1v) is 7.50. The third kappa shape index (κ3) is 4.57. The molecule has 0 radical (unpaired) electrons. The molecule has 114 valence electrons. The lowest BCUT2D eigenvalue weighted by Gasteiger charge is -2.14. The van der Waals surface area contributed by atoms with Crippen LogP contribution in [0.1, 0.15) is 25.2 Å². The third-order valence-corrected chi connectivity index (χ3v) is 3.99. The SMILES string of the molecule is CCc1nn(C)c(CNC(C)C(=O)NCCOC)c1Br. The number of nitrogens with zero attached hydrogens (tertiary/aromatic N) is 2. The molecule has 1 amide bonds. The van der Waals surface area contributed by atoms with Gasteiger partial charge in [-0.25, -0.2) is 0 Å². The Morgan fingerprint density at radius 1 is 1.55 bits per heavy atom. The van der Waals surface area contributed by atoms with Crippen LogP contribution in [0.2, 0.25) is 0 Å². The van der Waals surface area contributed by atoms with Crippen LogP contribution in [0.25, 0.3) is 0 Å². The maximum absolute atomic E-state index is 11.8.